The van der Waals surface area contributed by atoms with E-state index in [9.17, 15) is 4.79 Å². The van der Waals surface area contributed by atoms with E-state index in [1.54, 1.807) is 11.6 Å². The lowest BCUT2D eigenvalue weighted by atomic mass is 10.2. The Morgan fingerprint density at radius 2 is 2.17 bits per heavy atom. The molecule has 1 aromatic rings. The van der Waals surface area contributed by atoms with E-state index in [1.807, 2.05) is 18.2 Å². The van der Waals surface area contributed by atoms with Crippen molar-refractivity contribution < 1.29 is 4.79 Å². The number of nitrogens with one attached hydrogen (secondary N) is 1. The van der Waals surface area contributed by atoms with Crippen molar-refractivity contribution in [2.24, 2.45) is 5.10 Å². The number of nitrogens with zero attached hydrogens (tertiary/aromatic N) is 1. The molecule has 1 N–H and O–H groups in total. The van der Waals surface area contributed by atoms with Gasteiger partial charge in [-0.2, -0.15) is 5.10 Å². The third-order valence-electron chi connectivity index (χ3n) is 1.53. The molecule has 1 heterocycles. The zero-order valence-corrected chi connectivity index (χ0v) is 6.97. The van der Waals surface area contributed by atoms with Gasteiger partial charge < -0.3 is 0 Å². The summed E-state index contributed by atoms with van der Waals surface area (Å²) in [7, 11) is 0. The Bertz CT molecular complexity index is 349. The lowest BCUT2D eigenvalue weighted by Crippen LogP contribution is -2.16. The molecule has 0 spiro atoms. The minimum atomic E-state index is -0.146. The van der Waals surface area contributed by atoms with E-state index in [0.29, 0.717) is 5.56 Å². The first-order valence-electron chi connectivity index (χ1n) is 3.45. The molecule has 0 saturated carbocycles. The lowest BCUT2D eigenvalue weighted by molar-refractivity contribution is 0.0953. The number of hydrazone groups is 1. The van der Waals surface area contributed by atoms with Crippen molar-refractivity contribution in [3.8, 4) is 0 Å². The van der Waals surface area contributed by atoms with E-state index < -0.39 is 0 Å². The Morgan fingerprint density at radius 1 is 1.33 bits per heavy atom. The first kappa shape index (κ1) is 7.36. The van der Waals surface area contributed by atoms with Gasteiger partial charge in [0.1, 0.15) is 0 Å². The molecule has 1 aromatic carbocycles. The summed E-state index contributed by atoms with van der Waals surface area (Å²) in [5.74, 6) is -0.146. The van der Waals surface area contributed by atoms with E-state index in [4.69, 9.17) is 0 Å². The third-order valence-corrected chi connectivity index (χ3v) is 2.35. The molecule has 1 aliphatic heterocycles. The van der Waals surface area contributed by atoms with Gasteiger partial charge in [-0.25, -0.2) is 5.43 Å². The molecule has 0 atom stereocenters. The highest BCUT2D eigenvalue weighted by Gasteiger charge is 2.11. The highest BCUT2D eigenvalue weighted by atomic mass is 32.2. The van der Waals surface area contributed by atoms with Gasteiger partial charge in [-0.3, -0.25) is 4.79 Å². The molecule has 0 bridgehead atoms. The minimum Gasteiger partial charge on any atom is -0.267 e. The van der Waals surface area contributed by atoms with Crippen LogP contribution in [-0.4, -0.2) is 11.5 Å². The Balaban J connectivity index is 2.52. The number of fused-ring (bicyclic) bond motifs is 1. The van der Waals surface area contributed by atoms with Crippen LogP contribution in [0.5, 0.6) is 0 Å². The van der Waals surface area contributed by atoms with Gasteiger partial charge in [0.15, 0.2) is 0 Å². The SMILES string of the molecule is O=C1NN=CSc2ccccc21. The summed E-state index contributed by atoms with van der Waals surface area (Å²) >= 11 is 1.44. The van der Waals surface area contributed by atoms with E-state index >= 15 is 0 Å². The maximum absolute atomic E-state index is 11.3. The monoisotopic (exact) mass is 178 g/mol. The molecule has 0 radical (unpaired) electrons. The van der Waals surface area contributed by atoms with Gasteiger partial charge in [-0.15, -0.1) is 0 Å². The van der Waals surface area contributed by atoms with Gasteiger partial charge in [-0.1, -0.05) is 23.9 Å². The van der Waals surface area contributed by atoms with Crippen LogP contribution in [0, 0.1) is 0 Å². The molecule has 2 rings (SSSR count). The average Bonchev–Trinajstić information content (AvgIpc) is 2.29. The van der Waals surface area contributed by atoms with E-state index in [0.717, 1.165) is 4.90 Å². The van der Waals surface area contributed by atoms with Gasteiger partial charge in [-0.05, 0) is 12.1 Å². The Kier molecular flexibility index (Phi) is 1.83. The smallest absolute Gasteiger partial charge is 0.267 e. The summed E-state index contributed by atoms with van der Waals surface area (Å²) < 4.78 is 0. The minimum absolute atomic E-state index is 0.146. The van der Waals surface area contributed by atoms with Crippen LogP contribution in [0.25, 0.3) is 0 Å². The second-order valence-electron chi connectivity index (χ2n) is 2.29. The van der Waals surface area contributed by atoms with Crippen LogP contribution >= 0.6 is 11.8 Å². The number of rotatable bonds is 0. The molecular weight excluding hydrogens is 172 g/mol. The quantitative estimate of drug-likeness (QED) is 0.653. The molecule has 0 saturated heterocycles. The van der Waals surface area contributed by atoms with Gasteiger partial charge in [0, 0.05) is 4.90 Å². The van der Waals surface area contributed by atoms with Crippen LogP contribution in [0.4, 0.5) is 0 Å². The molecule has 60 valence electrons. The fourth-order valence-electron chi connectivity index (χ4n) is 0.985. The first-order chi connectivity index (χ1) is 5.88. The van der Waals surface area contributed by atoms with Crippen molar-refractivity contribution in [2.75, 3.05) is 0 Å². The van der Waals surface area contributed by atoms with Crippen LogP contribution in [-0.2, 0) is 0 Å². The average molecular weight is 178 g/mol. The normalized spacial score (nSPS) is 14.8. The number of hydrogen-bond donors (Lipinski definition) is 1. The molecular formula is C8H6N2OS. The van der Waals surface area contributed by atoms with E-state index in [1.165, 1.54) is 11.8 Å². The van der Waals surface area contributed by atoms with Gasteiger partial charge in [0.25, 0.3) is 5.91 Å². The molecule has 1 amide bonds. The molecule has 1 aliphatic rings. The maximum Gasteiger partial charge on any atom is 0.272 e. The van der Waals surface area contributed by atoms with Crippen molar-refractivity contribution in [3.05, 3.63) is 29.8 Å². The number of amides is 1. The standard InChI is InChI=1S/C8H6N2OS/c11-8-6-3-1-2-4-7(6)12-5-9-10-8/h1-5H,(H,10,11). The number of benzene rings is 1. The largest absolute Gasteiger partial charge is 0.272 e. The summed E-state index contributed by atoms with van der Waals surface area (Å²) in [6.07, 6.45) is 0. The molecule has 3 nitrogen and oxygen atoms in total. The fraction of sp³-hybridized carbons (Fsp3) is 0. The van der Waals surface area contributed by atoms with Crippen molar-refractivity contribution in [1.82, 2.24) is 5.43 Å². The summed E-state index contributed by atoms with van der Waals surface area (Å²) in [5.41, 5.74) is 4.71. The molecule has 0 aliphatic carbocycles. The Hall–Kier alpha value is -1.29. The summed E-state index contributed by atoms with van der Waals surface area (Å²) in [4.78, 5) is 12.2. The highest BCUT2D eigenvalue weighted by molar-refractivity contribution is 8.12. The predicted octanol–water partition coefficient (Wildman–Crippen LogP) is 1.47. The second-order valence-corrected chi connectivity index (χ2v) is 3.18. The summed E-state index contributed by atoms with van der Waals surface area (Å²) in [6.45, 7) is 0. The number of carbonyl (C=O) groups is 1. The molecule has 4 heteroatoms. The van der Waals surface area contributed by atoms with Gasteiger partial charge in [0.2, 0.25) is 0 Å². The molecule has 0 aromatic heterocycles. The zero-order chi connectivity index (χ0) is 8.39. The highest BCUT2D eigenvalue weighted by Crippen LogP contribution is 2.21. The van der Waals surface area contributed by atoms with E-state index in [2.05, 4.69) is 10.5 Å². The topological polar surface area (TPSA) is 41.5 Å². The third kappa shape index (κ3) is 1.21. The Labute approximate surface area is 73.9 Å². The number of carbonyl (C=O) groups excluding carboxylic acids is 1. The molecule has 12 heavy (non-hydrogen) atoms. The van der Waals surface area contributed by atoms with Gasteiger partial charge in [0.05, 0.1) is 11.1 Å². The fourth-order valence-corrected chi connectivity index (χ4v) is 1.65. The van der Waals surface area contributed by atoms with Crippen LogP contribution in [0.3, 0.4) is 0 Å². The summed E-state index contributed by atoms with van der Waals surface area (Å²) in [5, 5.41) is 3.70. The van der Waals surface area contributed by atoms with Crippen LogP contribution in [0.15, 0.2) is 34.3 Å². The summed E-state index contributed by atoms with van der Waals surface area (Å²) in [6, 6.07) is 7.42. The number of thioether (sulfide) groups is 1. The van der Waals surface area contributed by atoms with Crippen molar-refractivity contribution in [1.29, 1.82) is 0 Å². The second kappa shape index (κ2) is 2.98. The predicted molar refractivity (Wildman–Crippen MR) is 48.3 cm³/mol. The number of hydrogen-bond acceptors (Lipinski definition) is 3. The maximum atomic E-state index is 11.3. The lowest BCUT2D eigenvalue weighted by Gasteiger charge is -1.99. The van der Waals surface area contributed by atoms with E-state index in [-0.39, 0.29) is 5.91 Å². The molecule has 0 unspecified atom stereocenters. The van der Waals surface area contributed by atoms with Crippen molar-refractivity contribution in [3.63, 3.8) is 0 Å². The zero-order valence-electron chi connectivity index (χ0n) is 6.15. The molecule has 0 fully saturated rings. The first-order valence-corrected chi connectivity index (χ1v) is 4.33. The Morgan fingerprint density at radius 3 is 3.08 bits per heavy atom. The van der Waals surface area contributed by atoms with Crippen LogP contribution in [0.1, 0.15) is 10.4 Å². The van der Waals surface area contributed by atoms with Crippen LogP contribution in [0.2, 0.25) is 0 Å². The van der Waals surface area contributed by atoms with Crippen LogP contribution < -0.4 is 5.43 Å². The van der Waals surface area contributed by atoms with Gasteiger partial charge >= 0.3 is 0 Å². The van der Waals surface area contributed by atoms with Crippen molar-refractivity contribution in [2.45, 2.75) is 4.90 Å². The van der Waals surface area contributed by atoms with Crippen molar-refractivity contribution >= 4 is 23.2 Å².